The highest BCUT2D eigenvalue weighted by Crippen LogP contribution is 2.13. The van der Waals surface area contributed by atoms with Crippen molar-refractivity contribution in [3.05, 3.63) is 35.4 Å². The van der Waals surface area contributed by atoms with Crippen molar-refractivity contribution in [1.82, 2.24) is 0 Å². The Morgan fingerprint density at radius 3 is 2.12 bits per heavy atom. The Balaban J connectivity index is 2.57. The second-order valence-electron chi connectivity index (χ2n) is 6.80. The summed E-state index contributed by atoms with van der Waals surface area (Å²) in [7, 11) is 0. The molecule has 0 aliphatic carbocycles. The van der Waals surface area contributed by atoms with Gasteiger partial charge in [-0.15, -0.1) is 0 Å². The van der Waals surface area contributed by atoms with E-state index in [0.717, 1.165) is 11.1 Å². The number of ether oxygens (including phenoxy) is 3. The van der Waals surface area contributed by atoms with E-state index in [0.29, 0.717) is 32.5 Å². The van der Waals surface area contributed by atoms with Crippen LogP contribution in [0.2, 0.25) is 0 Å². The van der Waals surface area contributed by atoms with Crippen LogP contribution in [-0.4, -0.2) is 36.9 Å². The number of benzene rings is 1. The van der Waals surface area contributed by atoms with Crippen molar-refractivity contribution in [2.45, 2.75) is 65.6 Å². The normalized spacial score (nSPS) is 12.5. The molecule has 5 nitrogen and oxygen atoms in total. The quantitative estimate of drug-likeness (QED) is 0.638. The molecule has 0 heterocycles. The van der Waals surface area contributed by atoms with Crippen molar-refractivity contribution < 1.29 is 23.8 Å². The lowest BCUT2D eigenvalue weighted by Crippen LogP contribution is -2.29. The predicted octanol–water partition coefficient (Wildman–Crippen LogP) is 3.47. The molecule has 0 aliphatic rings. The van der Waals surface area contributed by atoms with Crippen LogP contribution in [0.4, 0.5) is 0 Å². The van der Waals surface area contributed by atoms with Crippen molar-refractivity contribution in [2.24, 2.45) is 0 Å². The maximum Gasteiger partial charge on any atom is 0.335 e. The fourth-order valence-corrected chi connectivity index (χ4v) is 2.34. The molecule has 0 saturated heterocycles. The molecular weight excluding hydrogens is 320 g/mol. The fraction of sp³-hybridized carbons (Fsp3) is 0.600. The Morgan fingerprint density at radius 2 is 1.60 bits per heavy atom. The number of hydrogen-bond acceptors (Lipinski definition) is 5. The molecule has 0 amide bonds. The minimum absolute atomic E-state index is 0.199. The highest BCUT2D eigenvalue weighted by molar-refractivity contribution is 5.75. The Hall–Kier alpha value is -1.88. The van der Waals surface area contributed by atoms with Crippen LogP contribution in [0.5, 0.6) is 0 Å². The number of hydrogen-bond donors (Lipinski definition) is 0. The minimum Gasteiger partial charge on any atom is -0.464 e. The molecule has 0 radical (unpaired) electrons. The fourth-order valence-electron chi connectivity index (χ4n) is 2.34. The summed E-state index contributed by atoms with van der Waals surface area (Å²) in [6.45, 7) is 10.0. The third-order valence-corrected chi connectivity index (χ3v) is 3.40. The van der Waals surface area contributed by atoms with E-state index in [2.05, 4.69) is 0 Å². The van der Waals surface area contributed by atoms with Crippen LogP contribution in [0.3, 0.4) is 0 Å². The zero-order chi connectivity index (χ0) is 18.9. The maximum absolute atomic E-state index is 11.9. The highest BCUT2D eigenvalue weighted by Gasteiger charge is 2.20. The predicted molar refractivity (Wildman–Crippen MR) is 96.4 cm³/mol. The average molecular weight is 350 g/mol. The van der Waals surface area contributed by atoms with Crippen molar-refractivity contribution in [2.75, 3.05) is 13.2 Å². The van der Waals surface area contributed by atoms with Crippen LogP contribution < -0.4 is 0 Å². The van der Waals surface area contributed by atoms with Crippen LogP contribution in [-0.2, 0) is 36.6 Å². The Kier molecular flexibility index (Phi) is 8.62. The lowest BCUT2D eigenvalue weighted by Gasteiger charge is -2.19. The summed E-state index contributed by atoms with van der Waals surface area (Å²) < 4.78 is 15.8. The van der Waals surface area contributed by atoms with Crippen molar-refractivity contribution in [3.8, 4) is 0 Å². The monoisotopic (exact) mass is 350 g/mol. The Morgan fingerprint density at radius 1 is 1.00 bits per heavy atom. The van der Waals surface area contributed by atoms with Crippen LogP contribution in [0, 0.1) is 0 Å². The van der Waals surface area contributed by atoms with Gasteiger partial charge in [-0.2, -0.15) is 0 Å². The van der Waals surface area contributed by atoms with Crippen LogP contribution in [0.15, 0.2) is 24.3 Å². The van der Waals surface area contributed by atoms with Gasteiger partial charge in [-0.3, -0.25) is 4.79 Å². The van der Waals surface area contributed by atoms with E-state index >= 15 is 0 Å². The number of esters is 2. The summed E-state index contributed by atoms with van der Waals surface area (Å²) in [5, 5.41) is 0. The standard InChI is InChI=1S/C20H30O5/c1-6-23-17(19(22)24-7-2)14-16-10-8-15(9-11-16)12-13-18(21)25-20(3,4)5/h8-11,17H,6-7,12-14H2,1-5H3/t17-/m0/s1. The second-order valence-corrected chi connectivity index (χ2v) is 6.80. The zero-order valence-electron chi connectivity index (χ0n) is 16.0. The summed E-state index contributed by atoms with van der Waals surface area (Å²) in [4.78, 5) is 23.7. The van der Waals surface area contributed by atoms with Gasteiger partial charge in [-0.25, -0.2) is 4.79 Å². The van der Waals surface area contributed by atoms with Gasteiger partial charge in [0.25, 0.3) is 0 Å². The zero-order valence-corrected chi connectivity index (χ0v) is 16.0. The molecule has 0 aromatic heterocycles. The summed E-state index contributed by atoms with van der Waals surface area (Å²) >= 11 is 0. The van der Waals surface area contributed by atoms with Crippen LogP contribution in [0.25, 0.3) is 0 Å². The second kappa shape index (κ2) is 10.2. The van der Waals surface area contributed by atoms with Crippen LogP contribution in [0.1, 0.15) is 52.2 Å². The van der Waals surface area contributed by atoms with E-state index in [9.17, 15) is 9.59 Å². The molecule has 25 heavy (non-hydrogen) atoms. The van der Waals surface area contributed by atoms with Gasteiger partial charge in [-0.05, 0) is 52.2 Å². The number of carbonyl (C=O) groups excluding carboxylic acids is 2. The average Bonchev–Trinajstić information content (AvgIpc) is 2.52. The Labute approximate surface area is 150 Å². The molecule has 0 bridgehead atoms. The molecule has 0 N–H and O–H groups in total. The largest absolute Gasteiger partial charge is 0.464 e. The molecule has 5 heteroatoms. The summed E-state index contributed by atoms with van der Waals surface area (Å²) in [6.07, 6.45) is 0.861. The van der Waals surface area contributed by atoms with E-state index in [1.54, 1.807) is 6.92 Å². The van der Waals surface area contributed by atoms with Gasteiger partial charge in [0.1, 0.15) is 5.60 Å². The lowest BCUT2D eigenvalue weighted by atomic mass is 10.0. The van der Waals surface area contributed by atoms with Gasteiger partial charge in [0.15, 0.2) is 6.10 Å². The molecule has 1 atom stereocenters. The molecule has 1 aromatic carbocycles. The van der Waals surface area contributed by atoms with Gasteiger partial charge < -0.3 is 14.2 Å². The first-order valence-electron chi connectivity index (χ1n) is 8.83. The minimum atomic E-state index is -0.586. The van der Waals surface area contributed by atoms with E-state index in [4.69, 9.17) is 14.2 Å². The first-order chi connectivity index (χ1) is 11.7. The van der Waals surface area contributed by atoms with Gasteiger partial charge in [-0.1, -0.05) is 24.3 Å². The molecule has 140 valence electrons. The topological polar surface area (TPSA) is 61.8 Å². The molecule has 1 aromatic rings. The SMILES string of the molecule is CCOC(=O)[C@H](Cc1ccc(CCC(=O)OC(C)(C)C)cc1)OCC. The van der Waals surface area contributed by atoms with Gasteiger partial charge in [0.2, 0.25) is 0 Å². The maximum atomic E-state index is 11.9. The van der Waals surface area contributed by atoms with E-state index < -0.39 is 11.7 Å². The van der Waals surface area contributed by atoms with Gasteiger partial charge in [0, 0.05) is 19.4 Å². The summed E-state index contributed by atoms with van der Waals surface area (Å²) in [5.41, 5.74) is 1.59. The molecule has 0 unspecified atom stereocenters. The van der Waals surface area contributed by atoms with Gasteiger partial charge >= 0.3 is 11.9 Å². The molecule has 0 saturated carbocycles. The molecule has 0 spiro atoms. The molecule has 0 aliphatic heterocycles. The number of aryl methyl sites for hydroxylation is 1. The molecule has 1 rings (SSSR count). The van der Waals surface area contributed by atoms with Crippen molar-refractivity contribution in [1.29, 1.82) is 0 Å². The van der Waals surface area contributed by atoms with E-state index in [-0.39, 0.29) is 11.9 Å². The summed E-state index contributed by atoms with van der Waals surface area (Å²) in [5.74, 6) is -0.534. The molecule has 0 fully saturated rings. The van der Waals surface area contributed by atoms with Crippen LogP contribution >= 0.6 is 0 Å². The van der Waals surface area contributed by atoms with Crippen molar-refractivity contribution >= 4 is 11.9 Å². The number of rotatable bonds is 9. The van der Waals surface area contributed by atoms with Crippen molar-refractivity contribution in [3.63, 3.8) is 0 Å². The van der Waals surface area contributed by atoms with Gasteiger partial charge in [0.05, 0.1) is 6.61 Å². The third-order valence-electron chi connectivity index (χ3n) is 3.40. The van der Waals surface area contributed by atoms with E-state index in [1.807, 2.05) is 52.0 Å². The summed E-state index contributed by atoms with van der Waals surface area (Å²) in [6, 6.07) is 7.84. The first-order valence-corrected chi connectivity index (χ1v) is 8.83. The molecular formula is C20H30O5. The highest BCUT2D eigenvalue weighted by atomic mass is 16.6. The van der Waals surface area contributed by atoms with E-state index in [1.165, 1.54) is 0 Å². The smallest absolute Gasteiger partial charge is 0.335 e. The Bertz CT molecular complexity index is 542. The number of carbonyl (C=O) groups is 2. The lowest BCUT2D eigenvalue weighted by molar-refractivity contribution is -0.156. The first kappa shape index (κ1) is 21.2. The third kappa shape index (κ3) is 8.68.